The van der Waals surface area contributed by atoms with Gasteiger partial charge in [-0.25, -0.2) is 14.7 Å². The van der Waals surface area contributed by atoms with E-state index in [2.05, 4.69) is 4.98 Å². The average molecular weight is 263 g/mol. The highest BCUT2D eigenvalue weighted by molar-refractivity contribution is 5.99. The number of primary amides is 1. The molecule has 1 aromatic rings. The second-order valence-electron chi connectivity index (χ2n) is 5.46. The van der Waals surface area contributed by atoms with Crippen LogP contribution in [0.2, 0.25) is 0 Å². The summed E-state index contributed by atoms with van der Waals surface area (Å²) in [6.45, 7) is 5.29. The molecule has 1 aliphatic heterocycles. The zero-order chi connectivity index (χ0) is 14.2. The SMILES string of the molecule is CC(C)(C)OC(=O)N1c2ncccc2C[C@H]1C(N)=O. The number of carbonyl (C=O) groups excluding carboxylic acids is 2. The maximum Gasteiger partial charge on any atom is 0.416 e. The van der Waals surface area contributed by atoms with Crippen LogP contribution in [-0.2, 0) is 16.0 Å². The normalized spacial score (nSPS) is 18.1. The Hall–Kier alpha value is -2.11. The molecule has 6 heteroatoms. The van der Waals surface area contributed by atoms with Crippen LogP contribution in [0.15, 0.2) is 18.3 Å². The number of nitrogens with two attached hydrogens (primary N) is 1. The summed E-state index contributed by atoms with van der Waals surface area (Å²) in [5.74, 6) is -0.121. The van der Waals surface area contributed by atoms with Crippen molar-refractivity contribution >= 4 is 17.8 Å². The van der Waals surface area contributed by atoms with Crippen molar-refractivity contribution in [1.82, 2.24) is 4.98 Å². The Bertz CT molecular complexity index is 522. The summed E-state index contributed by atoms with van der Waals surface area (Å²) in [4.78, 5) is 29.1. The van der Waals surface area contributed by atoms with Crippen molar-refractivity contribution in [2.45, 2.75) is 38.8 Å². The molecule has 0 fully saturated rings. The highest BCUT2D eigenvalue weighted by atomic mass is 16.6. The minimum Gasteiger partial charge on any atom is -0.443 e. The average Bonchev–Trinajstić information content (AvgIpc) is 2.65. The van der Waals surface area contributed by atoms with Gasteiger partial charge in [-0.3, -0.25) is 4.79 Å². The summed E-state index contributed by atoms with van der Waals surface area (Å²) < 4.78 is 5.30. The number of carbonyl (C=O) groups is 2. The van der Waals surface area contributed by atoms with Crippen molar-refractivity contribution in [3.8, 4) is 0 Å². The molecule has 2 N–H and O–H groups in total. The van der Waals surface area contributed by atoms with Gasteiger partial charge in [-0.2, -0.15) is 0 Å². The smallest absolute Gasteiger partial charge is 0.416 e. The van der Waals surface area contributed by atoms with Gasteiger partial charge in [0, 0.05) is 12.6 Å². The van der Waals surface area contributed by atoms with E-state index in [0.717, 1.165) is 5.56 Å². The number of anilines is 1. The number of fused-ring (bicyclic) bond motifs is 1. The summed E-state index contributed by atoms with van der Waals surface area (Å²) in [5, 5.41) is 0. The molecule has 6 nitrogen and oxygen atoms in total. The number of hydrogen-bond acceptors (Lipinski definition) is 4. The zero-order valence-electron chi connectivity index (χ0n) is 11.2. The van der Waals surface area contributed by atoms with Crippen LogP contribution < -0.4 is 10.6 Å². The predicted octanol–water partition coefficient (Wildman–Crippen LogP) is 1.23. The van der Waals surface area contributed by atoms with E-state index in [1.807, 2.05) is 6.07 Å². The molecule has 0 aliphatic carbocycles. The van der Waals surface area contributed by atoms with E-state index in [9.17, 15) is 9.59 Å². The van der Waals surface area contributed by atoms with Gasteiger partial charge in [0.25, 0.3) is 0 Å². The molecule has 102 valence electrons. The Labute approximate surface area is 111 Å². The Morgan fingerprint density at radius 1 is 1.47 bits per heavy atom. The molecule has 0 bridgehead atoms. The molecule has 2 amide bonds. The van der Waals surface area contributed by atoms with E-state index < -0.39 is 23.6 Å². The van der Waals surface area contributed by atoms with Gasteiger partial charge in [0.05, 0.1) is 0 Å². The first-order chi connectivity index (χ1) is 8.79. The van der Waals surface area contributed by atoms with Crippen molar-refractivity contribution in [2.75, 3.05) is 4.90 Å². The number of pyridine rings is 1. The first kappa shape index (κ1) is 13.3. The summed E-state index contributed by atoms with van der Waals surface area (Å²) >= 11 is 0. The second-order valence-corrected chi connectivity index (χ2v) is 5.46. The molecular formula is C13H17N3O3. The Kier molecular flexibility index (Phi) is 3.18. The first-order valence-corrected chi connectivity index (χ1v) is 6.05. The van der Waals surface area contributed by atoms with Crippen molar-refractivity contribution in [2.24, 2.45) is 5.73 Å². The van der Waals surface area contributed by atoms with E-state index in [1.165, 1.54) is 4.90 Å². The van der Waals surface area contributed by atoms with E-state index in [-0.39, 0.29) is 0 Å². The minimum atomic E-state index is -0.736. The monoisotopic (exact) mass is 263 g/mol. The number of rotatable bonds is 1. The zero-order valence-corrected chi connectivity index (χ0v) is 11.2. The van der Waals surface area contributed by atoms with Crippen LogP contribution >= 0.6 is 0 Å². The molecule has 0 saturated heterocycles. The predicted molar refractivity (Wildman–Crippen MR) is 69.6 cm³/mol. The van der Waals surface area contributed by atoms with Crippen LogP contribution in [0.5, 0.6) is 0 Å². The van der Waals surface area contributed by atoms with Gasteiger partial charge in [0.1, 0.15) is 17.5 Å². The first-order valence-electron chi connectivity index (χ1n) is 6.05. The molecule has 2 heterocycles. The molecule has 2 rings (SSSR count). The Balaban J connectivity index is 2.34. The molecule has 0 radical (unpaired) electrons. The molecule has 0 spiro atoms. The number of aromatic nitrogens is 1. The lowest BCUT2D eigenvalue weighted by molar-refractivity contribution is -0.119. The summed E-state index contributed by atoms with van der Waals surface area (Å²) in [7, 11) is 0. The van der Waals surface area contributed by atoms with Crippen LogP contribution in [0.3, 0.4) is 0 Å². The van der Waals surface area contributed by atoms with Crippen LogP contribution in [0.25, 0.3) is 0 Å². The number of nitrogens with zero attached hydrogens (tertiary/aromatic N) is 2. The highest BCUT2D eigenvalue weighted by Gasteiger charge is 2.40. The third kappa shape index (κ3) is 2.67. The molecule has 1 aromatic heterocycles. The van der Waals surface area contributed by atoms with Gasteiger partial charge in [-0.05, 0) is 32.4 Å². The van der Waals surface area contributed by atoms with Gasteiger partial charge in [0.15, 0.2) is 0 Å². The number of hydrogen-bond donors (Lipinski definition) is 1. The maximum atomic E-state index is 12.2. The van der Waals surface area contributed by atoms with Crippen LogP contribution in [0.4, 0.5) is 10.6 Å². The van der Waals surface area contributed by atoms with E-state index in [1.54, 1.807) is 33.0 Å². The topological polar surface area (TPSA) is 85.5 Å². The van der Waals surface area contributed by atoms with E-state index >= 15 is 0 Å². The van der Waals surface area contributed by atoms with Crippen molar-refractivity contribution in [3.05, 3.63) is 23.9 Å². The van der Waals surface area contributed by atoms with Crippen molar-refractivity contribution in [3.63, 3.8) is 0 Å². The number of amides is 2. The van der Waals surface area contributed by atoms with Gasteiger partial charge in [-0.1, -0.05) is 6.07 Å². The van der Waals surface area contributed by atoms with Crippen LogP contribution in [0, 0.1) is 0 Å². The fourth-order valence-electron chi connectivity index (χ4n) is 2.01. The summed E-state index contributed by atoms with van der Waals surface area (Å²) in [6, 6.07) is 2.85. The number of ether oxygens (including phenoxy) is 1. The Morgan fingerprint density at radius 3 is 2.74 bits per heavy atom. The fourth-order valence-corrected chi connectivity index (χ4v) is 2.01. The van der Waals surface area contributed by atoms with Gasteiger partial charge < -0.3 is 10.5 Å². The standard InChI is InChI=1S/C13H17N3O3/c1-13(2,3)19-12(18)16-9(10(14)17)7-8-5-4-6-15-11(8)16/h4-6,9H,7H2,1-3H3,(H2,14,17)/t9-/m0/s1. The lowest BCUT2D eigenvalue weighted by atomic mass is 10.1. The molecule has 19 heavy (non-hydrogen) atoms. The second kappa shape index (κ2) is 4.53. The summed E-state index contributed by atoms with van der Waals surface area (Å²) in [5.41, 5.74) is 5.53. The quantitative estimate of drug-likeness (QED) is 0.825. The van der Waals surface area contributed by atoms with Gasteiger partial charge in [0.2, 0.25) is 5.91 Å². The molecular weight excluding hydrogens is 246 g/mol. The van der Waals surface area contributed by atoms with E-state index in [4.69, 9.17) is 10.5 Å². The Morgan fingerprint density at radius 2 is 2.16 bits per heavy atom. The molecule has 0 saturated carbocycles. The lowest BCUT2D eigenvalue weighted by Gasteiger charge is -2.27. The molecule has 0 unspecified atom stereocenters. The minimum absolute atomic E-state index is 0.373. The fraction of sp³-hybridized carbons (Fsp3) is 0.462. The van der Waals surface area contributed by atoms with Crippen molar-refractivity contribution in [1.29, 1.82) is 0 Å². The largest absolute Gasteiger partial charge is 0.443 e. The van der Waals surface area contributed by atoms with Crippen LogP contribution in [0.1, 0.15) is 26.3 Å². The maximum absolute atomic E-state index is 12.2. The van der Waals surface area contributed by atoms with E-state index in [0.29, 0.717) is 12.2 Å². The third-order valence-corrected chi connectivity index (χ3v) is 2.74. The third-order valence-electron chi connectivity index (χ3n) is 2.74. The van der Waals surface area contributed by atoms with Crippen molar-refractivity contribution < 1.29 is 14.3 Å². The molecule has 1 aliphatic rings. The lowest BCUT2D eigenvalue weighted by Crippen LogP contribution is -2.48. The highest BCUT2D eigenvalue weighted by Crippen LogP contribution is 2.31. The van der Waals surface area contributed by atoms with Gasteiger partial charge in [-0.15, -0.1) is 0 Å². The molecule has 1 atom stereocenters. The molecule has 0 aromatic carbocycles. The summed E-state index contributed by atoms with van der Waals surface area (Å²) in [6.07, 6.45) is 1.34. The van der Waals surface area contributed by atoms with Gasteiger partial charge >= 0.3 is 6.09 Å². The van der Waals surface area contributed by atoms with Crippen LogP contribution in [-0.4, -0.2) is 28.6 Å².